The van der Waals surface area contributed by atoms with Crippen LogP contribution in [-0.4, -0.2) is 34.1 Å². The second-order valence-electron chi connectivity index (χ2n) is 4.95. The molecule has 0 aliphatic carbocycles. The number of nitrogens with zero attached hydrogens (tertiary/aromatic N) is 1. The number of nitrogens with one attached hydrogen (secondary N) is 2. The Hall–Kier alpha value is -1.69. The van der Waals surface area contributed by atoms with Crippen molar-refractivity contribution in [1.29, 1.82) is 0 Å². The first-order valence-corrected chi connectivity index (χ1v) is 5.43. The molecule has 92 valence electrons. The number of ketones is 1. The van der Waals surface area contributed by atoms with Gasteiger partial charge in [0.15, 0.2) is 11.5 Å². The number of hydrogen-bond acceptors (Lipinski definition) is 5. The third-order valence-electron chi connectivity index (χ3n) is 2.30. The van der Waals surface area contributed by atoms with E-state index < -0.39 is 11.6 Å². The zero-order valence-electron chi connectivity index (χ0n) is 10.1. The summed E-state index contributed by atoms with van der Waals surface area (Å²) in [5.41, 5.74) is 0.486. The predicted octanol–water partition coefficient (Wildman–Crippen LogP) is 0.651. The van der Waals surface area contributed by atoms with Gasteiger partial charge in [-0.2, -0.15) is 5.10 Å². The quantitative estimate of drug-likeness (QED) is 0.701. The number of H-pyrrole nitrogens is 1. The molecule has 0 aromatic carbocycles. The van der Waals surface area contributed by atoms with Crippen LogP contribution in [0.3, 0.4) is 0 Å². The smallest absolute Gasteiger partial charge is 0.360 e. The highest BCUT2D eigenvalue weighted by molar-refractivity contribution is 6.07. The van der Waals surface area contributed by atoms with E-state index in [0.29, 0.717) is 17.8 Å². The summed E-state index contributed by atoms with van der Waals surface area (Å²) in [6.07, 6.45) is 0. The number of carbonyl (C=O) groups excluding carboxylic acids is 2. The molecule has 2 heterocycles. The maximum Gasteiger partial charge on any atom is 0.360 e. The van der Waals surface area contributed by atoms with E-state index >= 15 is 0 Å². The van der Waals surface area contributed by atoms with Gasteiger partial charge in [-0.05, 0) is 20.8 Å². The van der Waals surface area contributed by atoms with Crippen molar-refractivity contribution in [1.82, 2.24) is 15.5 Å². The zero-order valence-corrected chi connectivity index (χ0v) is 10.1. The average Bonchev–Trinajstić information content (AvgIpc) is 2.60. The summed E-state index contributed by atoms with van der Waals surface area (Å²) in [5, 5.41) is 9.48. The van der Waals surface area contributed by atoms with Gasteiger partial charge in [-0.1, -0.05) is 0 Å². The first kappa shape index (κ1) is 11.8. The van der Waals surface area contributed by atoms with E-state index in [0.717, 1.165) is 0 Å². The van der Waals surface area contributed by atoms with Crippen LogP contribution in [0.2, 0.25) is 0 Å². The Morgan fingerprint density at radius 2 is 2.06 bits per heavy atom. The van der Waals surface area contributed by atoms with Crippen LogP contribution in [0.5, 0.6) is 0 Å². The first-order chi connectivity index (χ1) is 7.88. The normalized spacial score (nSPS) is 15.6. The van der Waals surface area contributed by atoms with E-state index in [1.54, 1.807) is 20.8 Å². The molecule has 0 bridgehead atoms. The Labute approximate surface area is 98.7 Å². The monoisotopic (exact) mass is 237 g/mol. The highest BCUT2D eigenvalue weighted by atomic mass is 16.6. The van der Waals surface area contributed by atoms with Gasteiger partial charge in [0.05, 0.1) is 17.8 Å². The van der Waals surface area contributed by atoms with Gasteiger partial charge in [-0.25, -0.2) is 4.79 Å². The second kappa shape index (κ2) is 3.96. The van der Waals surface area contributed by atoms with Gasteiger partial charge in [0.1, 0.15) is 5.60 Å². The number of rotatable bonds is 1. The molecule has 6 heteroatoms. The van der Waals surface area contributed by atoms with Crippen LogP contribution in [-0.2, 0) is 11.3 Å². The molecule has 6 nitrogen and oxygen atoms in total. The fourth-order valence-electron chi connectivity index (χ4n) is 1.67. The van der Waals surface area contributed by atoms with Crippen LogP contribution < -0.4 is 5.32 Å². The molecular formula is C11H15N3O3. The average molecular weight is 237 g/mol. The molecule has 0 unspecified atom stereocenters. The maximum atomic E-state index is 11.9. The number of ether oxygens (including phenoxy) is 1. The summed E-state index contributed by atoms with van der Waals surface area (Å²) >= 11 is 0. The van der Waals surface area contributed by atoms with Crippen LogP contribution in [0, 0.1) is 0 Å². The van der Waals surface area contributed by atoms with E-state index in [1.807, 2.05) is 0 Å². The molecule has 2 N–H and O–H groups in total. The molecule has 1 aromatic heterocycles. The maximum absolute atomic E-state index is 11.9. The van der Waals surface area contributed by atoms with E-state index in [2.05, 4.69) is 15.5 Å². The van der Waals surface area contributed by atoms with Crippen LogP contribution in [0.25, 0.3) is 0 Å². The van der Waals surface area contributed by atoms with Crippen molar-refractivity contribution in [2.75, 3.05) is 6.54 Å². The summed E-state index contributed by atoms with van der Waals surface area (Å²) in [6, 6.07) is 0. The van der Waals surface area contributed by atoms with Gasteiger partial charge >= 0.3 is 5.97 Å². The molecule has 0 atom stereocenters. The first-order valence-electron chi connectivity index (χ1n) is 5.43. The lowest BCUT2D eigenvalue weighted by Crippen LogP contribution is -2.31. The van der Waals surface area contributed by atoms with Crippen LogP contribution in [0.1, 0.15) is 47.3 Å². The van der Waals surface area contributed by atoms with Gasteiger partial charge in [0.2, 0.25) is 0 Å². The number of carbonyl (C=O) groups is 2. The van der Waals surface area contributed by atoms with Crippen LogP contribution >= 0.6 is 0 Å². The Bertz CT molecular complexity index is 471. The minimum atomic E-state index is -0.598. The Morgan fingerprint density at radius 1 is 1.35 bits per heavy atom. The van der Waals surface area contributed by atoms with Crippen LogP contribution in [0.4, 0.5) is 0 Å². The SMILES string of the molecule is CC(C)(C)OC(=O)c1n[nH]c2c1C(=O)CNC2. The number of fused-ring (bicyclic) bond motifs is 1. The van der Waals surface area contributed by atoms with Gasteiger partial charge in [0.25, 0.3) is 0 Å². The molecule has 2 rings (SSSR count). The summed E-state index contributed by atoms with van der Waals surface area (Å²) in [6.45, 7) is 6.05. The number of aromatic nitrogens is 2. The fraction of sp³-hybridized carbons (Fsp3) is 0.545. The Morgan fingerprint density at radius 3 is 2.71 bits per heavy atom. The van der Waals surface area contributed by atoms with Crippen molar-refractivity contribution in [3.8, 4) is 0 Å². The largest absolute Gasteiger partial charge is 0.455 e. The van der Waals surface area contributed by atoms with Gasteiger partial charge in [-0.3, -0.25) is 9.89 Å². The summed E-state index contributed by atoms with van der Waals surface area (Å²) < 4.78 is 5.20. The zero-order chi connectivity index (χ0) is 12.6. The van der Waals surface area contributed by atoms with Crippen molar-refractivity contribution >= 4 is 11.8 Å². The fourth-order valence-corrected chi connectivity index (χ4v) is 1.67. The van der Waals surface area contributed by atoms with Crippen molar-refractivity contribution < 1.29 is 14.3 Å². The lowest BCUT2D eigenvalue weighted by atomic mass is 10.0. The molecule has 17 heavy (non-hydrogen) atoms. The van der Waals surface area contributed by atoms with E-state index in [-0.39, 0.29) is 18.0 Å². The van der Waals surface area contributed by atoms with E-state index in [9.17, 15) is 9.59 Å². The topological polar surface area (TPSA) is 84.1 Å². The predicted molar refractivity (Wildman–Crippen MR) is 59.8 cm³/mol. The Balaban J connectivity index is 2.31. The molecular weight excluding hydrogens is 222 g/mol. The molecule has 1 aromatic rings. The molecule has 0 amide bonds. The number of esters is 1. The molecule has 0 spiro atoms. The lowest BCUT2D eigenvalue weighted by molar-refractivity contribution is 0.00610. The highest BCUT2D eigenvalue weighted by Crippen LogP contribution is 2.18. The molecule has 0 saturated carbocycles. The van der Waals surface area contributed by atoms with Crippen molar-refractivity contribution in [2.45, 2.75) is 32.9 Å². The second-order valence-corrected chi connectivity index (χ2v) is 4.95. The number of Topliss-reactive ketones (excluding diaryl/α,β-unsaturated/α-hetero) is 1. The third kappa shape index (κ3) is 2.36. The minimum absolute atomic E-state index is 0.0847. The van der Waals surface area contributed by atoms with E-state index in [4.69, 9.17) is 4.74 Å². The van der Waals surface area contributed by atoms with E-state index in [1.165, 1.54) is 0 Å². The van der Waals surface area contributed by atoms with Gasteiger partial charge in [0, 0.05) is 6.54 Å². The highest BCUT2D eigenvalue weighted by Gasteiger charge is 2.30. The Kier molecular flexibility index (Phi) is 2.74. The van der Waals surface area contributed by atoms with Crippen LogP contribution in [0.15, 0.2) is 0 Å². The van der Waals surface area contributed by atoms with Crippen molar-refractivity contribution in [2.24, 2.45) is 0 Å². The van der Waals surface area contributed by atoms with Gasteiger partial charge in [-0.15, -0.1) is 0 Å². The molecule has 0 fully saturated rings. The molecule has 1 aliphatic rings. The molecule has 0 saturated heterocycles. The summed E-state index contributed by atoms with van der Waals surface area (Å²) in [7, 11) is 0. The standard InChI is InChI=1S/C11H15N3O3/c1-11(2,3)17-10(16)9-8-6(13-14-9)4-12-5-7(8)15/h12H,4-5H2,1-3H3,(H,13,14). The minimum Gasteiger partial charge on any atom is -0.455 e. The lowest BCUT2D eigenvalue weighted by Gasteiger charge is -2.19. The summed E-state index contributed by atoms with van der Waals surface area (Å²) in [5.74, 6) is -0.703. The van der Waals surface area contributed by atoms with Crippen molar-refractivity contribution in [3.05, 3.63) is 17.0 Å². The third-order valence-corrected chi connectivity index (χ3v) is 2.30. The summed E-state index contributed by atoms with van der Waals surface area (Å²) in [4.78, 5) is 23.6. The van der Waals surface area contributed by atoms with Crippen molar-refractivity contribution in [3.63, 3.8) is 0 Å². The molecule has 1 aliphatic heterocycles. The molecule has 0 radical (unpaired) electrons. The number of hydrogen-bond donors (Lipinski definition) is 2. The van der Waals surface area contributed by atoms with Gasteiger partial charge < -0.3 is 10.1 Å². The number of aromatic amines is 1.